The highest BCUT2D eigenvalue weighted by Crippen LogP contribution is 1.93. The normalized spacial score (nSPS) is 10.9. The molecule has 13 heavy (non-hydrogen) atoms. The fourth-order valence-electron chi connectivity index (χ4n) is 0.948. The van der Waals surface area contributed by atoms with Crippen LogP contribution in [-0.4, -0.2) is 9.55 Å². The number of aryl methyl sites for hydroxylation is 1. The second kappa shape index (κ2) is 4.09. The van der Waals surface area contributed by atoms with Crippen LogP contribution < -0.4 is 11.2 Å². The molecule has 0 aliphatic rings. The molecule has 4 nitrogen and oxygen atoms in total. The molecule has 70 valence electrons. The SMILES string of the molecule is CCn1cc(/C=C/Cl)c(=O)[nH]c1=O. The maximum absolute atomic E-state index is 11.1. The Hall–Kier alpha value is -1.29. The molecular weight excluding hydrogens is 192 g/mol. The van der Waals surface area contributed by atoms with Crippen LogP contribution in [0.4, 0.5) is 0 Å². The first-order valence-corrected chi connectivity index (χ1v) is 4.23. The Bertz CT molecular complexity index is 431. The Morgan fingerprint density at radius 2 is 2.31 bits per heavy atom. The lowest BCUT2D eigenvalue weighted by molar-refractivity contribution is 0.691. The largest absolute Gasteiger partial charge is 0.328 e. The van der Waals surface area contributed by atoms with Crippen molar-refractivity contribution >= 4 is 17.7 Å². The van der Waals surface area contributed by atoms with Gasteiger partial charge in [0.1, 0.15) is 0 Å². The Morgan fingerprint density at radius 1 is 1.62 bits per heavy atom. The molecule has 0 unspecified atom stereocenters. The molecule has 0 aromatic carbocycles. The summed E-state index contributed by atoms with van der Waals surface area (Å²) in [5.41, 5.74) is 0.775. The smallest absolute Gasteiger partial charge is 0.300 e. The topological polar surface area (TPSA) is 54.9 Å². The number of H-pyrrole nitrogens is 1. The molecule has 0 aliphatic carbocycles. The third kappa shape index (κ3) is 2.09. The first-order valence-electron chi connectivity index (χ1n) is 3.79. The van der Waals surface area contributed by atoms with Crippen LogP contribution in [0.15, 0.2) is 21.3 Å². The zero-order valence-corrected chi connectivity index (χ0v) is 7.84. The van der Waals surface area contributed by atoms with Crippen LogP contribution in [-0.2, 0) is 6.54 Å². The van der Waals surface area contributed by atoms with Crippen molar-refractivity contribution < 1.29 is 0 Å². The van der Waals surface area contributed by atoms with Crippen molar-refractivity contribution in [1.29, 1.82) is 0 Å². The highest BCUT2D eigenvalue weighted by Gasteiger charge is 1.99. The number of halogens is 1. The molecule has 1 rings (SSSR count). The maximum atomic E-state index is 11.1. The zero-order valence-electron chi connectivity index (χ0n) is 7.08. The van der Waals surface area contributed by atoms with E-state index in [0.717, 1.165) is 0 Å². The van der Waals surface area contributed by atoms with Crippen LogP contribution in [0, 0.1) is 0 Å². The standard InChI is InChI=1S/C8H9ClN2O2/c1-2-11-5-6(3-4-9)7(12)10-8(11)13/h3-5H,2H2,1H3,(H,10,12,13)/b4-3+. The lowest BCUT2D eigenvalue weighted by Gasteiger charge is -2.00. The fraction of sp³-hybridized carbons (Fsp3) is 0.250. The highest BCUT2D eigenvalue weighted by molar-refractivity contribution is 6.27. The van der Waals surface area contributed by atoms with Gasteiger partial charge in [-0.05, 0) is 13.0 Å². The molecule has 1 aromatic heterocycles. The molecule has 0 fully saturated rings. The first kappa shape index (κ1) is 9.80. The molecule has 0 saturated carbocycles. The number of aromatic nitrogens is 2. The van der Waals surface area contributed by atoms with Crippen LogP contribution in [0.25, 0.3) is 6.08 Å². The van der Waals surface area contributed by atoms with Gasteiger partial charge in [0.05, 0.1) is 5.56 Å². The molecular formula is C8H9ClN2O2. The number of aromatic amines is 1. The Morgan fingerprint density at radius 3 is 2.85 bits per heavy atom. The fourth-order valence-corrected chi connectivity index (χ4v) is 1.08. The summed E-state index contributed by atoms with van der Waals surface area (Å²) < 4.78 is 1.40. The summed E-state index contributed by atoms with van der Waals surface area (Å²) in [6.45, 7) is 2.33. The van der Waals surface area contributed by atoms with Crippen molar-refractivity contribution in [3.05, 3.63) is 38.1 Å². The average Bonchev–Trinajstić information content (AvgIpc) is 2.10. The summed E-state index contributed by atoms with van der Waals surface area (Å²) >= 11 is 5.32. The number of hydrogen-bond acceptors (Lipinski definition) is 2. The lowest BCUT2D eigenvalue weighted by atomic mass is 10.3. The van der Waals surface area contributed by atoms with Crippen LogP contribution in [0.1, 0.15) is 12.5 Å². The van der Waals surface area contributed by atoms with E-state index in [9.17, 15) is 9.59 Å². The van der Waals surface area contributed by atoms with Crippen molar-refractivity contribution in [3.8, 4) is 0 Å². The number of nitrogens with one attached hydrogen (secondary N) is 1. The van der Waals surface area contributed by atoms with Crippen molar-refractivity contribution in [1.82, 2.24) is 9.55 Å². The van der Waals surface area contributed by atoms with Gasteiger partial charge in [-0.25, -0.2) is 4.79 Å². The minimum absolute atomic E-state index is 0.372. The van der Waals surface area contributed by atoms with E-state index in [0.29, 0.717) is 12.1 Å². The van der Waals surface area contributed by atoms with Gasteiger partial charge >= 0.3 is 5.69 Å². The van der Waals surface area contributed by atoms with E-state index in [1.54, 1.807) is 0 Å². The average molecular weight is 201 g/mol. The van der Waals surface area contributed by atoms with E-state index in [1.165, 1.54) is 22.4 Å². The van der Waals surface area contributed by atoms with Crippen molar-refractivity contribution in [2.45, 2.75) is 13.5 Å². The van der Waals surface area contributed by atoms with Gasteiger partial charge in [0.25, 0.3) is 5.56 Å². The molecule has 1 heterocycles. The zero-order chi connectivity index (χ0) is 9.84. The van der Waals surface area contributed by atoms with Gasteiger partial charge in [0.15, 0.2) is 0 Å². The predicted molar refractivity (Wildman–Crippen MR) is 51.9 cm³/mol. The van der Waals surface area contributed by atoms with Gasteiger partial charge in [-0.15, -0.1) is 0 Å². The molecule has 5 heteroatoms. The Kier molecular flexibility index (Phi) is 3.08. The number of rotatable bonds is 2. The monoisotopic (exact) mass is 200 g/mol. The minimum atomic E-state index is -0.424. The van der Waals surface area contributed by atoms with Crippen LogP contribution in [0.5, 0.6) is 0 Å². The highest BCUT2D eigenvalue weighted by atomic mass is 35.5. The Labute approximate surface area is 79.5 Å². The van der Waals surface area contributed by atoms with Gasteiger partial charge in [0.2, 0.25) is 0 Å². The number of nitrogens with zero attached hydrogens (tertiary/aromatic N) is 1. The predicted octanol–water partition coefficient (Wildman–Crippen LogP) is 0.766. The van der Waals surface area contributed by atoms with E-state index < -0.39 is 11.2 Å². The molecule has 0 aliphatic heterocycles. The van der Waals surface area contributed by atoms with Crippen molar-refractivity contribution in [2.24, 2.45) is 0 Å². The molecule has 0 bridgehead atoms. The second-order valence-electron chi connectivity index (χ2n) is 2.42. The van der Waals surface area contributed by atoms with Crippen LogP contribution in [0.2, 0.25) is 0 Å². The van der Waals surface area contributed by atoms with Gasteiger partial charge < -0.3 is 4.57 Å². The molecule has 0 amide bonds. The summed E-state index contributed by atoms with van der Waals surface area (Å²) in [7, 11) is 0. The molecule has 1 aromatic rings. The third-order valence-electron chi connectivity index (χ3n) is 1.62. The first-order chi connectivity index (χ1) is 6.19. The van der Waals surface area contributed by atoms with E-state index in [2.05, 4.69) is 4.98 Å². The molecule has 0 atom stereocenters. The van der Waals surface area contributed by atoms with E-state index >= 15 is 0 Å². The summed E-state index contributed by atoms with van der Waals surface area (Å²) in [4.78, 5) is 24.4. The molecule has 0 radical (unpaired) electrons. The van der Waals surface area contributed by atoms with Crippen molar-refractivity contribution in [3.63, 3.8) is 0 Å². The Balaban J connectivity index is 3.39. The second-order valence-corrected chi connectivity index (χ2v) is 2.67. The molecule has 1 N–H and O–H groups in total. The summed E-state index contributed by atoms with van der Waals surface area (Å²) in [6, 6.07) is 0. The van der Waals surface area contributed by atoms with Crippen LogP contribution in [0.3, 0.4) is 0 Å². The van der Waals surface area contributed by atoms with E-state index in [4.69, 9.17) is 11.6 Å². The van der Waals surface area contributed by atoms with Crippen LogP contribution >= 0.6 is 11.6 Å². The summed E-state index contributed by atoms with van der Waals surface area (Å²) in [6.07, 6.45) is 2.91. The van der Waals surface area contributed by atoms with Crippen molar-refractivity contribution in [2.75, 3.05) is 0 Å². The molecule has 0 spiro atoms. The van der Waals surface area contributed by atoms with Gasteiger partial charge in [-0.1, -0.05) is 11.6 Å². The number of hydrogen-bond donors (Lipinski definition) is 1. The van der Waals surface area contributed by atoms with Gasteiger partial charge in [0, 0.05) is 18.3 Å². The van der Waals surface area contributed by atoms with E-state index in [1.807, 2.05) is 6.92 Å². The van der Waals surface area contributed by atoms with Gasteiger partial charge in [-0.3, -0.25) is 9.78 Å². The lowest BCUT2D eigenvalue weighted by Crippen LogP contribution is -2.30. The third-order valence-corrected chi connectivity index (χ3v) is 1.75. The maximum Gasteiger partial charge on any atom is 0.328 e. The van der Waals surface area contributed by atoms with E-state index in [-0.39, 0.29) is 0 Å². The summed E-state index contributed by atoms with van der Waals surface area (Å²) in [5, 5.41) is 0. The molecule has 0 saturated heterocycles. The van der Waals surface area contributed by atoms with Gasteiger partial charge in [-0.2, -0.15) is 0 Å². The minimum Gasteiger partial charge on any atom is -0.300 e. The summed E-state index contributed by atoms with van der Waals surface area (Å²) in [5.74, 6) is 0. The quantitative estimate of drug-likeness (QED) is 0.767.